The third-order valence-electron chi connectivity index (χ3n) is 6.50. The molecule has 0 saturated carbocycles. The molecule has 0 bridgehead atoms. The Labute approximate surface area is 199 Å². The highest BCUT2D eigenvalue weighted by molar-refractivity contribution is 7.09. The zero-order valence-corrected chi connectivity index (χ0v) is 20.2. The molecule has 1 amide bonds. The van der Waals surface area contributed by atoms with Crippen LogP contribution in [0.3, 0.4) is 0 Å². The fraction of sp³-hybridized carbons (Fsp3) is 0.583. The zero-order valence-electron chi connectivity index (χ0n) is 19.4. The largest absolute Gasteiger partial charge is 0.497 e. The number of carbonyl (C=O) groups excluding carboxylic acids is 2. The van der Waals surface area contributed by atoms with Gasteiger partial charge < -0.3 is 19.3 Å². The van der Waals surface area contributed by atoms with Gasteiger partial charge in [0.05, 0.1) is 19.6 Å². The van der Waals surface area contributed by atoms with Gasteiger partial charge in [0, 0.05) is 50.1 Å². The van der Waals surface area contributed by atoms with E-state index in [4.69, 9.17) is 14.5 Å². The number of benzene rings is 1. The molecule has 2 fully saturated rings. The van der Waals surface area contributed by atoms with Crippen molar-refractivity contribution in [3.8, 4) is 5.75 Å². The van der Waals surface area contributed by atoms with Gasteiger partial charge in [0.25, 0.3) is 0 Å². The van der Waals surface area contributed by atoms with Gasteiger partial charge in [-0.3, -0.25) is 9.59 Å². The van der Waals surface area contributed by atoms with Crippen molar-refractivity contribution in [3.05, 3.63) is 35.7 Å². The molecule has 0 unspecified atom stereocenters. The smallest absolute Gasteiger partial charge is 0.309 e. The highest BCUT2D eigenvalue weighted by atomic mass is 32.1. The minimum absolute atomic E-state index is 0.0459. The van der Waals surface area contributed by atoms with Crippen LogP contribution in [0, 0.1) is 11.8 Å². The molecule has 4 rings (SSSR count). The molecule has 3 heterocycles. The maximum Gasteiger partial charge on any atom is 0.309 e. The first-order valence-electron chi connectivity index (χ1n) is 11.7. The number of methoxy groups -OCH3 is 1. The molecule has 0 N–H and O–H groups in total. The molecule has 1 aromatic heterocycles. The van der Waals surface area contributed by atoms with E-state index < -0.39 is 0 Å². The Bertz CT molecular complexity index is 949. The van der Waals surface area contributed by atoms with E-state index in [1.165, 1.54) is 11.5 Å². The maximum atomic E-state index is 13.0. The first-order chi connectivity index (χ1) is 16.1. The summed E-state index contributed by atoms with van der Waals surface area (Å²) in [6, 6.07) is 7.96. The van der Waals surface area contributed by atoms with Gasteiger partial charge >= 0.3 is 5.97 Å². The van der Waals surface area contributed by atoms with E-state index in [2.05, 4.69) is 15.3 Å². The van der Waals surface area contributed by atoms with Crippen LogP contribution in [0.25, 0.3) is 0 Å². The summed E-state index contributed by atoms with van der Waals surface area (Å²) in [5.74, 6) is 1.73. The van der Waals surface area contributed by atoms with Crippen molar-refractivity contribution in [2.24, 2.45) is 11.8 Å². The number of likely N-dealkylation sites (tertiary alicyclic amines) is 1. The highest BCUT2D eigenvalue weighted by Crippen LogP contribution is 2.28. The van der Waals surface area contributed by atoms with Crippen molar-refractivity contribution < 1.29 is 19.1 Å². The number of aromatic nitrogens is 2. The van der Waals surface area contributed by atoms with E-state index in [1.54, 1.807) is 7.11 Å². The molecule has 33 heavy (non-hydrogen) atoms. The number of rotatable bonds is 7. The Morgan fingerprint density at radius 3 is 2.52 bits per heavy atom. The second kappa shape index (κ2) is 11.0. The highest BCUT2D eigenvalue weighted by Gasteiger charge is 2.33. The van der Waals surface area contributed by atoms with Crippen molar-refractivity contribution in [2.45, 2.75) is 39.0 Å². The lowest BCUT2D eigenvalue weighted by Crippen LogP contribution is -2.46. The second-order valence-corrected chi connectivity index (χ2v) is 9.36. The van der Waals surface area contributed by atoms with Gasteiger partial charge in [0.1, 0.15) is 11.6 Å². The van der Waals surface area contributed by atoms with E-state index in [0.29, 0.717) is 39.0 Å². The van der Waals surface area contributed by atoms with Crippen LogP contribution in [-0.4, -0.2) is 66.0 Å². The van der Waals surface area contributed by atoms with Crippen LogP contribution >= 0.6 is 11.5 Å². The molecule has 178 valence electrons. The maximum absolute atomic E-state index is 13.0. The molecule has 2 saturated heterocycles. The minimum atomic E-state index is -0.124. The first-order valence-corrected chi connectivity index (χ1v) is 12.5. The van der Waals surface area contributed by atoms with Crippen molar-refractivity contribution in [3.63, 3.8) is 0 Å². The zero-order chi connectivity index (χ0) is 23.2. The Balaban J connectivity index is 1.25. The van der Waals surface area contributed by atoms with E-state index in [9.17, 15) is 9.59 Å². The van der Waals surface area contributed by atoms with Gasteiger partial charge in [-0.1, -0.05) is 12.1 Å². The molecule has 0 aliphatic carbocycles. The normalized spacial score (nSPS) is 17.8. The number of amides is 1. The topological polar surface area (TPSA) is 84.9 Å². The fourth-order valence-electron chi connectivity index (χ4n) is 4.58. The lowest BCUT2D eigenvalue weighted by atomic mass is 9.92. The second-order valence-electron chi connectivity index (χ2n) is 8.63. The molecule has 9 heteroatoms. The van der Waals surface area contributed by atoms with Gasteiger partial charge in [-0.15, -0.1) is 0 Å². The SMILES string of the molecule is CCOC(=O)C1CCN(C(=O)C2CCN(c3nc(Cc4cccc(OC)c4)ns3)CC2)CC1. The quantitative estimate of drug-likeness (QED) is 0.572. The van der Waals surface area contributed by atoms with Crippen LogP contribution in [0.15, 0.2) is 24.3 Å². The minimum Gasteiger partial charge on any atom is -0.497 e. The molecule has 0 radical (unpaired) electrons. The molecule has 2 aliphatic rings. The summed E-state index contributed by atoms with van der Waals surface area (Å²) in [6.07, 6.45) is 3.71. The summed E-state index contributed by atoms with van der Waals surface area (Å²) in [7, 11) is 1.66. The van der Waals surface area contributed by atoms with Gasteiger partial charge in [0.2, 0.25) is 11.0 Å². The summed E-state index contributed by atoms with van der Waals surface area (Å²) >= 11 is 1.42. The summed E-state index contributed by atoms with van der Waals surface area (Å²) < 4.78 is 15.0. The average molecular weight is 473 g/mol. The number of esters is 1. The van der Waals surface area contributed by atoms with Gasteiger partial charge in [-0.2, -0.15) is 4.37 Å². The van der Waals surface area contributed by atoms with Crippen LogP contribution in [0.5, 0.6) is 5.75 Å². The van der Waals surface area contributed by atoms with Crippen molar-refractivity contribution >= 4 is 28.5 Å². The standard InChI is InChI=1S/C24H32N4O4S/c1-3-32-23(30)19-9-11-27(12-10-19)22(29)18-7-13-28(14-8-18)24-25-21(26-33-24)16-17-5-4-6-20(15-17)31-2/h4-6,15,18-19H,3,7-14,16H2,1-2H3. The molecule has 8 nitrogen and oxygen atoms in total. The lowest BCUT2D eigenvalue weighted by molar-refractivity contribution is -0.151. The van der Waals surface area contributed by atoms with Crippen molar-refractivity contribution in [2.75, 3.05) is 44.8 Å². The molecular formula is C24H32N4O4S. The van der Waals surface area contributed by atoms with Gasteiger partial charge in [-0.25, -0.2) is 4.98 Å². The van der Waals surface area contributed by atoms with E-state index in [0.717, 1.165) is 48.2 Å². The Morgan fingerprint density at radius 1 is 1.09 bits per heavy atom. The Kier molecular flexibility index (Phi) is 7.80. The van der Waals surface area contributed by atoms with Crippen molar-refractivity contribution in [1.82, 2.24) is 14.3 Å². The Hall–Kier alpha value is -2.68. The number of piperidine rings is 2. The number of anilines is 1. The monoisotopic (exact) mass is 472 g/mol. The number of carbonyl (C=O) groups is 2. The number of hydrogen-bond donors (Lipinski definition) is 0. The fourth-order valence-corrected chi connectivity index (χ4v) is 5.32. The van der Waals surface area contributed by atoms with Crippen LogP contribution in [0.1, 0.15) is 44.0 Å². The Morgan fingerprint density at radius 2 is 1.82 bits per heavy atom. The van der Waals surface area contributed by atoms with E-state index in [1.807, 2.05) is 30.0 Å². The summed E-state index contributed by atoms with van der Waals surface area (Å²) in [5, 5.41) is 0.925. The molecule has 2 aromatic rings. The third kappa shape index (κ3) is 5.82. The van der Waals surface area contributed by atoms with Crippen LogP contribution < -0.4 is 9.64 Å². The van der Waals surface area contributed by atoms with Gasteiger partial charge in [-0.05, 0) is 50.3 Å². The predicted molar refractivity (Wildman–Crippen MR) is 127 cm³/mol. The lowest BCUT2D eigenvalue weighted by Gasteiger charge is -2.36. The number of hydrogen-bond acceptors (Lipinski definition) is 8. The molecule has 0 atom stereocenters. The number of ether oxygens (including phenoxy) is 2. The summed E-state index contributed by atoms with van der Waals surface area (Å²) in [4.78, 5) is 33.9. The molecular weight excluding hydrogens is 440 g/mol. The number of nitrogens with zero attached hydrogens (tertiary/aromatic N) is 4. The summed E-state index contributed by atoms with van der Waals surface area (Å²) in [6.45, 7) is 5.14. The molecule has 2 aliphatic heterocycles. The van der Waals surface area contributed by atoms with E-state index in [-0.39, 0.29) is 23.7 Å². The van der Waals surface area contributed by atoms with Crippen molar-refractivity contribution in [1.29, 1.82) is 0 Å². The van der Waals surface area contributed by atoms with Crippen LogP contribution in [0.2, 0.25) is 0 Å². The van der Waals surface area contributed by atoms with Gasteiger partial charge in [0.15, 0.2) is 0 Å². The predicted octanol–water partition coefficient (Wildman–Crippen LogP) is 3.16. The first kappa shape index (κ1) is 23.5. The summed E-state index contributed by atoms with van der Waals surface area (Å²) in [5.41, 5.74) is 1.12. The third-order valence-corrected chi connectivity index (χ3v) is 7.31. The van der Waals surface area contributed by atoms with Crippen LogP contribution in [0.4, 0.5) is 5.13 Å². The molecule has 1 aromatic carbocycles. The van der Waals surface area contributed by atoms with Crippen LogP contribution in [-0.2, 0) is 20.7 Å². The molecule has 0 spiro atoms. The van der Waals surface area contributed by atoms with E-state index >= 15 is 0 Å². The average Bonchev–Trinajstić information content (AvgIpc) is 3.32.